The highest BCUT2D eigenvalue weighted by molar-refractivity contribution is 9.10. The second-order valence-corrected chi connectivity index (χ2v) is 5.80. The molecule has 0 saturated carbocycles. The largest absolute Gasteiger partial charge is 0.376 e. The summed E-state index contributed by atoms with van der Waals surface area (Å²) in [4.78, 5) is 11.8. The van der Waals surface area contributed by atoms with E-state index in [-0.39, 0.29) is 22.5 Å². The molecule has 0 heterocycles. The van der Waals surface area contributed by atoms with E-state index in [0.29, 0.717) is 11.4 Å². The van der Waals surface area contributed by atoms with Crippen LogP contribution < -0.4 is 10.6 Å². The molecule has 0 atom stereocenters. The molecule has 110 valence electrons. The van der Waals surface area contributed by atoms with Crippen molar-refractivity contribution >= 4 is 56.4 Å². The van der Waals surface area contributed by atoms with E-state index in [1.807, 2.05) is 18.2 Å². The van der Waals surface area contributed by atoms with Gasteiger partial charge in [-0.3, -0.25) is 4.79 Å². The summed E-state index contributed by atoms with van der Waals surface area (Å²) in [6.45, 7) is -0.000373. The lowest BCUT2D eigenvalue weighted by Gasteiger charge is -2.10. The summed E-state index contributed by atoms with van der Waals surface area (Å²) in [5, 5.41) is 5.36. The van der Waals surface area contributed by atoms with E-state index >= 15 is 0 Å². The third-order valence-corrected chi connectivity index (χ3v) is 3.83. The predicted octanol–water partition coefficient (Wildman–Crippen LogP) is 4.95. The number of carbonyl (C=O) groups is 1. The topological polar surface area (TPSA) is 41.1 Å². The minimum absolute atomic E-state index is 0.000373. The summed E-state index contributed by atoms with van der Waals surface area (Å²) in [5.41, 5.74) is 1.13. The molecule has 0 fully saturated rings. The van der Waals surface area contributed by atoms with Crippen LogP contribution in [0.25, 0.3) is 0 Å². The number of hydrogen-bond acceptors (Lipinski definition) is 2. The van der Waals surface area contributed by atoms with Crippen molar-refractivity contribution in [2.24, 2.45) is 0 Å². The van der Waals surface area contributed by atoms with Gasteiger partial charge in [-0.05, 0) is 40.2 Å². The van der Waals surface area contributed by atoms with Crippen LogP contribution in [0.2, 0.25) is 10.0 Å². The molecule has 0 bridgehead atoms. The van der Waals surface area contributed by atoms with Crippen LogP contribution in [0.4, 0.5) is 15.8 Å². The lowest BCUT2D eigenvalue weighted by Crippen LogP contribution is -2.21. The Morgan fingerprint density at radius 2 is 1.81 bits per heavy atom. The van der Waals surface area contributed by atoms with Crippen molar-refractivity contribution in [2.75, 3.05) is 17.2 Å². The normalized spacial score (nSPS) is 10.3. The Kier molecular flexibility index (Phi) is 5.45. The summed E-state index contributed by atoms with van der Waals surface area (Å²) in [5.74, 6) is -0.931. The number of nitrogens with one attached hydrogen (secondary N) is 2. The van der Waals surface area contributed by atoms with E-state index in [1.54, 1.807) is 6.07 Å². The highest BCUT2D eigenvalue weighted by atomic mass is 79.9. The Labute approximate surface area is 139 Å². The highest BCUT2D eigenvalue weighted by Crippen LogP contribution is 2.27. The first-order valence-electron chi connectivity index (χ1n) is 5.90. The number of hydrogen-bond donors (Lipinski definition) is 2. The SMILES string of the molecule is O=C(CNc1cc(Cl)c(F)c(Cl)c1)Nc1ccccc1Br. The summed E-state index contributed by atoms with van der Waals surface area (Å²) >= 11 is 14.7. The lowest BCUT2D eigenvalue weighted by atomic mass is 10.3. The Balaban J connectivity index is 1.97. The first kappa shape index (κ1) is 16.1. The molecule has 0 unspecified atom stereocenters. The van der Waals surface area contributed by atoms with Crippen LogP contribution in [-0.4, -0.2) is 12.5 Å². The van der Waals surface area contributed by atoms with Gasteiger partial charge < -0.3 is 10.6 Å². The molecule has 3 nitrogen and oxygen atoms in total. The van der Waals surface area contributed by atoms with E-state index in [4.69, 9.17) is 23.2 Å². The monoisotopic (exact) mass is 390 g/mol. The summed E-state index contributed by atoms with van der Waals surface area (Å²) < 4.78 is 14.0. The number of carbonyl (C=O) groups excluding carboxylic acids is 1. The Hall–Kier alpha value is -1.30. The molecular weight excluding hydrogens is 382 g/mol. The van der Waals surface area contributed by atoms with Crippen LogP contribution in [0.5, 0.6) is 0 Å². The van der Waals surface area contributed by atoms with Gasteiger partial charge in [0.15, 0.2) is 5.82 Å². The van der Waals surface area contributed by atoms with Gasteiger partial charge in [-0.1, -0.05) is 35.3 Å². The Bertz CT molecular complexity index is 659. The van der Waals surface area contributed by atoms with E-state index < -0.39 is 5.82 Å². The third kappa shape index (κ3) is 4.33. The molecule has 21 heavy (non-hydrogen) atoms. The molecule has 2 rings (SSSR count). The van der Waals surface area contributed by atoms with Gasteiger partial charge in [0.2, 0.25) is 5.91 Å². The summed E-state index contributed by atoms with van der Waals surface area (Å²) in [6.07, 6.45) is 0. The molecule has 0 aliphatic rings. The maximum atomic E-state index is 13.3. The van der Waals surface area contributed by atoms with E-state index in [1.165, 1.54) is 12.1 Å². The molecule has 0 aliphatic carbocycles. The van der Waals surface area contributed by atoms with Crippen molar-refractivity contribution in [3.05, 3.63) is 56.7 Å². The van der Waals surface area contributed by atoms with Crippen LogP contribution in [-0.2, 0) is 4.79 Å². The van der Waals surface area contributed by atoms with Crippen molar-refractivity contribution < 1.29 is 9.18 Å². The highest BCUT2D eigenvalue weighted by Gasteiger charge is 2.09. The fourth-order valence-electron chi connectivity index (χ4n) is 1.60. The number of para-hydroxylation sites is 1. The van der Waals surface area contributed by atoms with Gasteiger partial charge in [0.05, 0.1) is 22.3 Å². The van der Waals surface area contributed by atoms with Crippen molar-refractivity contribution in [1.29, 1.82) is 0 Å². The Morgan fingerprint density at radius 3 is 2.43 bits per heavy atom. The zero-order chi connectivity index (χ0) is 15.4. The van der Waals surface area contributed by atoms with E-state index in [0.717, 1.165) is 4.47 Å². The lowest BCUT2D eigenvalue weighted by molar-refractivity contribution is -0.114. The van der Waals surface area contributed by atoms with Crippen molar-refractivity contribution in [3.63, 3.8) is 0 Å². The van der Waals surface area contributed by atoms with Crippen LogP contribution >= 0.6 is 39.1 Å². The predicted molar refractivity (Wildman–Crippen MR) is 87.7 cm³/mol. The van der Waals surface area contributed by atoms with Gasteiger partial charge in [-0.15, -0.1) is 0 Å². The first-order chi connectivity index (χ1) is 9.97. The van der Waals surface area contributed by atoms with Crippen LogP contribution in [0, 0.1) is 5.82 Å². The molecule has 0 spiro atoms. The molecule has 0 saturated heterocycles. The van der Waals surface area contributed by atoms with Crippen molar-refractivity contribution in [2.45, 2.75) is 0 Å². The molecule has 0 aliphatic heterocycles. The second-order valence-electron chi connectivity index (χ2n) is 4.14. The molecule has 1 amide bonds. The summed E-state index contributed by atoms with van der Waals surface area (Å²) in [7, 11) is 0. The standard InChI is InChI=1S/C14H10BrCl2FN2O/c15-9-3-1-2-4-12(9)20-13(21)7-19-8-5-10(16)14(18)11(17)6-8/h1-6,19H,7H2,(H,20,21). The van der Waals surface area contributed by atoms with Gasteiger partial charge >= 0.3 is 0 Å². The number of benzene rings is 2. The first-order valence-corrected chi connectivity index (χ1v) is 7.45. The average Bonchev–Trinajstić information content (AvgIpc) is 2.45. The fourth-order valence-corrected chi connectivity index (χ4v) is 2.47. The minimum Gasteiger partial charge on any atom is -0.376 e. The van der Waals surface area contributed by atoms with Crippen molar-refractivity contribution in [3.8, 4) is 0 Å². The third-order valence-electron chi connectivity index (χ3n) is 2.58. The zero-order valence-corrected chi connectivity index (χ0v) is 13.7. The molecule has 7 heteroatoms. The quantitative estimate of drug-likeness (QED) is 0.724. The fraction of sp³-hybridized carbons (Fsp3) is 0.0714. The maximum Gasteiger partial charge on any atom is 0.243 e. The number of amides is 1. The van der Waals surface area contributed by atoms with Gasteiger partial charge in [0.1, 0.15) is 0 Å². The van der Waals surface area contributed by atoms with Gasteiger partial charge in [0.25, 0.3) is 0 Å². The van der Waals surface area contributed by atoms with E-state index in [2.05, 4.69) is 26.6 Å². The molecular formula is C14H10BrCl2FN2O. The smallest absolute Gasteiger partial charge is 0.243 e. The number of anilines is 2. The van der Waals surface area contributed by atoms with E-state index in [9.17, 15) is 9.18 Å². The molecule has 2 aromatic rings. The van der Waals surface area contributed by atoms with Gasteiger partial charge in [0, 0.05) is 10.2 Å². The van der Waals surface area contributed by atoms with Crippen LogP contribution in [0.3, 0.4) is 0 Å². The zero-order valence-electron chi connectivity index (χ0n) is 10.6. The van der Waals surface area contributed by atoms with Crippen LogP contribution in [0.15, 0.2) is 40.9 Å². The summed E-state index contributed by atoms with van der Waals surface area (Å²) in [6, 6.07) is 9.99. The average molecular weight is 392 g/mol. The van der Waals surface area contributed by atoms with Gasteiger partial charge in [-0.25, -0.2) is 4.39 Å². The molecule has 0 aromatic heterocycles. The maximum absolute atomic E-state index is 13.3. The second kappa shape index (κ2) is 7.11. The molecule has 0 radical (unpaired) electrons. The van der Waals surface area contributed by atoms with Crippen molar-refractivity contribution in [1.82, 2.24) is 0 Å². The van der Waals surface area contributed by atoms with Crippen LogP contribution in [0.1, 0.15) is 0 Å². The Morgan fingerprint density at radius 1 is 1.19 bits per heavy atom. The van der Waals surface area contributed by atoms with Gasteiger partial charge in [-0.2, -0.15) is 0 Å². The number of rotatable bonds is 4. The molecule has 2 N–H and O–H groups in total. The number of halogens is 4. The molecule has 2 aromatic carbocycles. The minimum atomic E-state index is -0.679.